The maximum atomic E-state index is 12.9. The molecule has 0 aliphatic heterocycles. The molecule has 0 fully saturated rings. The number of amides is 3. The number of unbranched alkanes of at least 4 members (excludes halogenated alkanes) is 1. The van der Waals surface area contributed by atoms with Crippen molar-refractivity contribution in [2.75, 3.05) is 0 Å². The molecule has 3 amide bonds. The van der Waals surface area contributed by atoms with E-state index >= 15 is 0 Å². The SMILES string of the molecule is C/C=C(\NC(=O)c1cccc(CNC(=O)OC(C)(C)C)n1)C(=O)N[C@@H](CC)C(=O)O[C@H](/C=C/CCC)CC(C)=O. The van der Waals surface area contributed by atoms with Crippen LogP contribution in [0.5, 0.6) is 0 Å². The van der Waals surface area contributed by atoms with E-state index < -0.39 is 41.6 Å². The Labute approximate surface area is 236 Å². The van der Waals surface area contributed by atoms with Crippen LogP contribution in [0.15, 0.2) is 42.1 Å². The minimum Gasteiger partial charge on any atom is -0.456 e. The summed E-state index contributed by atoms with van der Waals surface area (Å²) in [5.74, 6) is -2.15. The number of hydrogen-bond acceptors (Lipinski definition) is 8. The maximum absolute atomic E-state index is 12.9. The lowest BCUT2D eigenvalue weighted by Gasteiger charge is -2.20. The Bertz CT molecular complexity index is 1110. The molecular weight excluding hydrogens is 516 g/mol. The highest BCUT2D eigenvalue weighted by atomic mass is 16.6. The molecule has 0 aliphatic rings. The standard InChI is InChI=1S/C29H42N4O7/c1-8-11-12-15-21(17-19(4)34)39-27(37)23(10-3)33-25(35)22(9-2)32-26(36)24-16-13-14-20(31-24)18-30-28(38)40-29(5,6)7/h9,12-16,21,23H,8,10-11,17-18H2,1-7H3,(H,30,38)(H,32,36)(H,33,35)/b15-12+,22-9-/t21-,23+/m1/s1. The molecule has 0 spiro atoms. The van der Waals surface area contributed by atoms with Crippen molar-refractivity contribution < 1.29 is 33.4 Å². The van der Waals surface area contributed by atoms with Crippen molar-refractivity contribution in [3.63, 3.8) is 0 Å². The highest BCUT2D eigenvalue weighted by Gasteiger charge is 2.25. The number of nitrogens with zero attached hydrogens (tertiary/aromatic N) is 1. The Balaban J connectivity index is 2.83. The van der Waals surface area contributed by atoms with Crippen LogP contribution in [0.3, 0.4) is 0 Å². The largest absolute Gasteiger partial charge is 0.456 e. The van der Waals surface area contributed by atoms with Gasteiger partial charge >= 0.3 is 12.1 Å². The molecule has 1 aromatic rings. The second kappa shape index (κ2) is 16.8. The molecule has 0 aliphatic carbocycles. The second-order valence-electron chi connectivity index (χ2n) is 10.1. The predicted molar refractivity (Wildman–Crippen MR) is 150 cm³/mol. The molecule has 220 valence electrons. The molecule has 0 unspecified atom stereocenters. The molecular formula is C29H42N4O7. The Morgan fingerprint density at radius 1 is 1.10 bits per heavy atom. The lowest BCUT2D eigenvalue weighted by Crippen LogP contribution is -2.45. The first-order valence-electron chi connectivity index (χ1n) is 13.4. The molecule has 1 aromatic heterocycles. The fourth-order valence-electron chi connectivity index (χ4n) is 3.27. The number of alkyl carbamates (subject to hydrolysis) is 1. The predicted octanol–water partition coefficient (Wildman–Crippen LogP) is 3.88. The van der Waals surface area contributed by atoms with Crippen molar-refractivity contribution in [2.45, 2.75) is 98.4 Å². The van der Waals surface area contributed by atoms with Gasteiger partial charge in [-0.05, 0) is 65.7 Å². The second-order valence-corrected chi connectivity index (χ2v) is 10.1. The number of carbonyl (C=O) groups excluding carboxylic acids is 5. The molecule has 0 saturated carbocycles. The number of hydrogen-bond donors (Lipinski definition) is 3. The molecule has 0 saturated heterocycles. The van der Waals surface area contributed by atoms with Crippen molar-refractivity contribution in [3.8, 4) is 0 Å². The van der Waals surface area contributed by atoms with Gasteiger partial charge in [0.05, 0.1) is 12.2 Å². The van der Waals surface area contributed by atoms with Crippen LogP contribution in [-0.4, -0.2) is 52.4 Å². The van der Waals surface area contributed by atoms with Gasteiger partial charge in [0.1, 0.15) is 34.9 Å². The summed E-state index contributed by atoms with van der Waals surface area (Å²) in [6, 6.07) is 3.70. The number of ketones is 1. The van der Waals surface area contributed by atoms with Crippen molar-refractivity contribution in [2.24, 2.45) is 0 Å². The highest BCUT2D eigenvalue weighted by molar-refractivity contribution is 6.03. The average molecular weight is 559 g/mol. The number of rotatable bonds is 14. The minimum atomic E-state index is -0.992. The van der Waals surface area contributed by atoms with Crippen molar-refractivity contribution >= 4 is 29.7 Å². The van der Waals surface area contributed by atoms with Crippen LogP contribution in [0.1, 0.15) is 90.3 Å². The van der Waals surface area contributed by atoms with Crippen LogP contribution in [0.4, 0.5) is 4.79 Å². The van der Waals surface area contributed by atoms with Crippen molar-refractivity contribution in [1.29, 1.82) is 0 Å². The van der Waals surface area contributed by atoms with E-state index in [1.807, 2.05) is 13.0 Å². The molecule has 1 rings (SSSR count). The number of nitrogens with one attached hydrogen (secondary N) is 3. The zero-order valence-corrected chi connectivity index (χ0v) is 24.5. The van der Waals surface area contributed by atoms with E-state index in [4.69, 9.17) is 9.47 Å². The van der Waals surface area contributed by atoms with Crippen LogP contribution >= 0.6 is 0 Å². The van der Waals surface area contributed by atoms with Gasteiger partial charge in [0.15, 0.2) is 0 Å². The molecule has 0 aromatic carbocycles. The molecule has 40 heavy (non-hydrogen) atoms. The lowest BCUT2D eigenvalue weighted by molar-refractivity contribution is -0.151. The molecule has 3 N–H and O–H groups in total. The first kappa shape index (κ1) is 34.0. The Morgan fingerprint density at radius 3 is 2.38 bits per heavy atom. The van der Waals surface area contributed by atoms with E-state index in [1.165, 1.54) is 19.1 Å². The first-order valence-corrected chi connectivity index (χ1v) is 13.4. The quantitative estimate of drug-likeness (QED) is 0.177. The fraction of sp³-hybridized carbons (Fsp3) is 0.517. The van der Waals surface area contributed by atoms with E-state index in [1.54, 1.807) is 52.8 Å². The van der Waals surface area contributed by atoms with Crippen LogP contribution in [0.2, 0.25) is 0 Å². The topological polar surface area (TPSA) is 153 Å². The summed E-state index contributed by atoms with van der Waals surface area (Å²) in [6.45, 7) is 11.9. The number of ether oxygens (including phenoxy) is 2. The normalized spacial score (nSPS) is 13.2. The average Bonchev–Trinajstić information content (AvgIpc) is 2.87. The van der Waals surface area contributed by atoms with Gasteiger partial charge in [-0.25, -0.2) is 14.6 Å². The zero-order chi connectivity index (χ0) is 30.3. The molecule has 11 nitrogen and oxygen atoms in total. The van der Waals surface area contributed by atoms with E-state index in [2.05, 4.69) is 20.9 Å². The summed E-state index contributed by atoms with van der Waals surface area (Å²) in [7, 11) is 0. The van der Waals surface area contributed by atoms with E-state index in [-0.39, 0.29) is 36.6 Å². The number of aromatic nitrogens is 1. The first-order chi connectivity index (χ1) is 18.8. The number of esters is 1. The molecule has 11 heteroatoms. The third-order valence-corrected chi connectivity index (χ3v) is 5.19. The number of Topliss-reactive ketones (excluding diaryl/α,β-unsaturated/α-hetero) is 1. The van der Waals surface area contributed by atoms with Crippen LogP contribution < -0.4 is 16.0 Å². The summed E-state index contributed by atoms with van der Waals surface area (Å²) in [4.78, 5) is 66.2. The third kappa shape index (κ3) is 13.2. The summed E-state index contributed by atoms with van der Waals surface area (Å²) in [5.41, 5.74) is -0.309. The minimum absolute atomic E-state index is 0.0213. The summed E-state index contributed by atoms with van der Waals surface area (Å²) in [6.07, 6.45) is 5.53. The summed E-state index contributed by atoms with van der Waals surface area (Å²) in [5, 5.41) is 7.65. The number of pyridine rings is 1. The fourth-order valence-corrected chi connectivity index (χ4v) is 3.27. The van der Waals surface area contributed by atoms with Gasteiger partial charge in [-0.3, -0.25) is 14.4 Å². The van der Waals surface area contributed by atoms with Crippen molar-refractivity contribution in [1.82, 2.24) is 20.9 Å². The van der Waals surface area contributed by atoms with Gasteiger partial charge in [0, 0.05) is 6.42 Å². The van der Waals surface area contributed by atoms with Gasteiger partial charge in [-0.15, -0.1) is 0 Å². The van der Waals surface area contributed by atoms with Crippen LogP contribution in [0, 0.1) is 0 Å². The smallest absolute Gasteiger partial charge is 0.407 e. The third-order valence-electron chi connectivity index (χ3n) is 5.19. The molecule has 0 bridgehead atoms. The van der Waals surface area contributed by atoms with Crippen molar-refractivity contribution in [3.05, 3.63) is 53.5 Å². The highest BCUT2D eigenvalue weighted by Crippen LogP contribution is 2.09. The number of allylic oxidation sites excluding steroid dienone is 2. The maximum Gasteiger partial charge on any atom is 0.407 e. The zero-order valence-electron chi connectivity index (χ0n) is 24.5. The molecule has 1 heterocycles. The Morgan fingerprint density at radius 2 is 1.80 bits per heavy atom. The van der Waals surface area contributed by atoms with Crippen LogP contribution in [0.25, 0.3) is 0 Å². The van der Waals surface area contributed by atoms with Gasteiger partial charge in [0.25, 0.3) is 11.8 Å². The van der Waals surface area contributed by atoms with Gasteiger partial charge < -0.3 is 25.4 Å². The number of carbonyl (C=O) groups is 5. The van der Waals surface area contributed by atoms with E-state index in [9.17, 15) is 24.0 Å². The lowest BCUT2D eigenvalue weighted by atomic mass is 10.1. The monoisotopic (exact) mass is 558 g/mol. The summed E-state index contributed by atoms with van der Waals surface area (Å²) >= 11 is 0. The Kier molecular flexibility index (Phi) is 14.3. The van der Waals surface area contributed by atoms with Gasteiger partial charge in [0.2, 0.25) is 0 Å². The molecule has 0 radical (unpaired) electrons. The van der Waals surface area contributed by atoms with Gasteiger partial charge in [-0.1, -0.05) is 38.5 Å². The van der Waals surface area contributed by atoms with Gasteiger partial charge in [-0.2, -0.15) is 0 Å². The van der Waals surface area contributed by atoms with E-state index in [0.717, 1.165) is 12.8 Å². The summed E-state index contributed by atoms with van der Waals surface area (Å²) < 4.78 is 10.7. The Hall–Kier alpha value is -4.02. The van der Waals surface area contributed by atoms with E-state index in [0.29, 0.717) is 5.69 Å². The molecule has 2 atom stereocenters. The van der Waals surface area contributed by atoms with Crippen LogP contribution in [-0.2, 0) is 30.4 Å².